The fourth-order valence-corrected chi connectivity index (χ4v) is 4.13. The van der Waals surface area contributed by atoms with E-state index in [2.05, 4.69) is 85.5 Å². The molecule has 4 heterocycles. The molecule has 4 aromatic heterocycles. The fraction of sp³-hybridized carbons (Fsp3) is 0.125. The van der Waals surface area contributed by atoms with Gasteiger partial charge in [-0.15, -0.1) is 0 Å². The third-order valence-corrected chi connectivity index (χ3v) is 6.01. The van der Waals surface area contributed by atoms with E-state index in [4.69, 9.17) is 0 Å². The van der Waals surface area contributed by atoms with Gasteiger partial charge in [0.2, 0.25) is 0 Å². The quantitative estimate of drug-likeness (QED) is 0.236. The maximum Gasteiger partial charge on any atom is 0.0886 e. The van der Waals surface area contributed by atoms with Crippen LogP contribution >= 0.6 is 0 Å². The van der Waals surface area contributed by atoms with Gasteiger partial charge < -0.3 is 0 Å². The van der Waals surface area contributed by atoms with Gasteiger partial charge in [0, 0.05) is 44.4 Å². The van der Waals surface area contributed by atoms with Gasteiger partial charge in [-0.2, -0.15) is 0 Å². The van der Waals surface area contributed by atoms with Crippen LogP contribution in [0.15, 0.2) is 110 Å². The van der Waals surface area contributed by atoms with Crippen LogP contribution in [0.3, 0.4) is 0 Å². The van der Waals surface area contributed by atoms with Crippen LogP contribution in [0, 0.1) is 6.92 Å². The molecular weight excluding hydrogens is 454 g/mol. The van der Waals surface area contributed by atoms with Crippen LogP contribution in [0.1, 0.15) is 33.6 Å². The summed E-state index contributed by atoms with van der Waals surface area (Å²) in [6, 6.07) is 28.9. The smallest absolute Gasteiger partial charge is 0.0886 e. The topological polar surface area (TPSA) is 54.8 Å². The number of hydrogen-bond acceptors (Lipinski definition) is 5. The molecule has 0 amide bonds. The van der Waals surface area contributed by atoms with Crippen molar-refractivity contribution in [3.8, 4) is 11.4 Å². The summed E-state index contributed by atoms with van der Waals surface area (Å²) in [4.78, 5) is 20.5. The molecule has 5 nitrogen and oxygen atoms in total. The molecule has 5 rings (SSSR count). The van der Waals surface area contributed by atoms with Gasteiger partial charge in [-0.25, -0.2) is 0 Å². The lowest BCUT2D eigenvalue weighted by Crippen LogP contribution is -2.23. The molecule has 0 bridgehead atoms. The zero-order valence-corrected chi connectivity index (χ0v) is 20.9. The molecule has 5 aromatic rings. The van der Waals surface area contributed by atoms with Gasteiger partial charge in [0.15, 0.2) is 0 Å². The number of rotatable bonds is 9. The van der Waals surface area contributed by atoms with Crippen molar-refractivity contribution in [3.63, 3.8) is 0 Å². The summed E-state index contributed by atoms with van der Waals surface area (Å²) < 4.78 is 0. The van der Waals surface area contributed by atoms with Gasteiger partial charge in [-0.3, -0.25) is 24.8 Å². The molecule has 0 radical (unpaired) electrons. The van der Waals surface area contributed by atoms with Crippen molar-refractivity contribution in [2.45, 2.75) is 26.6 Å². The molecule has 0 spiro atoms. The van der Waals surface area contributed by atoms with Crippen LogP contribution in [0.25, 0.3) is 23.5 Å². The van der Waals surface area contributed by atoms with E-state index < -0.39 is 0 Å². The van der Waals surface area contributed by atoms with Gasteiger partial charge >= 0.3 is 0 Å². The minimum absolute atomic E-state index is 0.755. The monoisotopic (exact) mass is 483 g/mol. The van der Waals surface area contributed by atoms with E-state index in [1.165, 1.54) is 5.56 Å². The van der Waals surface area contributed by atoms with E-state index in [0.717, 1.165) is 59.1 Å². The summed E-state index contributed by atoms with van der Waals surface area (Å²) in [6.45, 7) is 4.34. The lowest BCUT2D eigenvalue weighted by molar-refractivity contribution is 0.241. The third-order valence-electron chi connectivity index (χ3n) is 6.01. The zero-order chi connectivity index (χ0) is 25.3. The highest BCUT2D eigenvalue weighted by atomic mass is 15.1. The molecule has 5 heteroatoms. The molecule has 0 N–H and O–H groups in total. The van der Waals surface area contributed by atoms with Gasteiger partial charge in [0.1, 0.15) is 0 Å². The van der Waals surface area contributed by atoms with Crippen molar-refractivity contribution >= 4 is 12.2 Å². The standard InChI is InChI=1S/C32H29N5/c1-25-11-15-31(35-20-25)32-16-14-27(21-36-32)13-12-26-7-6-8-28(19-26)22-37(23-29-9-2-4-17-33-29)24-30-10-3-5-18-34-30/h2-21H,22-24H2,1H3/b13-12+. The second-order valence-electron chi connectivity index (χ2n) is 9.06. The zero-order valence-electron chi connectivity index (χ0n) is 20.9. The summed E-state index contributed by atoms with van der Waals surface area (Å²) in [7, 11) is 0. The Morgan fingerprint density at radius 1 is 0.595 bits per heavy atom. The number of hydrogen-bond donors (Lipinski definition) is 0. The first-order valence-electron chi connectivity index (χ1n) is 12.4. The summed E-state index contributed by atoms with van der Waals surface area (Å²) in [5.41, 5.74) is 8.44. The Balaban J connectivity index is 1.28. The summed E-state index contributed by atoms with van der Waals surface area (Å²) in [6.07, 6.45) is 11.7. The van der Waals surface area contributed by atoms with Crippen molar-refractivity contribution in [1.29, 1.82) is 0 Å². The number of nitrogens with zero attached hydrogens (tertiary/aromatic N) is 5. The van der Waals surface area contributed by atoms with E-state index in [-0.39, 0.29) is 0 Å². The average molecular weight is 484 g/mol. The van der Waals surface area contributed by atoms with Crippen LogP contribution in [-0.2, 0) is 19.6 Å². The first kappa shape index (κ1) is 24.2. The first-order chi connectivity index (χ1) is 18.2. The van der Waals surface area contributed by atoms with Crippen molar-refractivity contribution in [2.75, 3.05) is 0 Å². The predicted molar refractivity (Wildman–Crippen MR) is 149 cm³/mol. The van der Waals surface area contributed by atoms with E-state index >= 15 is 0 Å². The van der Waals surface area contributed by atoms with Crippen LogP contribution in [0.4, 0.5) is 0 Å². The van der Waals surface area contributed by atoms with Gasteiger partial charge in [-0.05, 0) is 65.6 Å². The van der Waals surface area contributed by atoms with Crippen molar-refractivity contribution < 1.29 is 0 Å². The molecule has 0 saturated heterocycles. The van der Waals surface area contributed by atoms with E-state index in [0.29, 0.717) is 0 Å². The van der Waals surface area contributed by atoms with Gasteiger partial charge in [0.25, 0.3) is 0 Å². The molecule has 0 unspecified atom stereocenters. The highest BCUT2D eigenvalue weighted by Gasteiger charge is 2.10. The minimum atomic E-state index is 0.755. The van der Waals surface area contributed by atoms with E-state index in [9.17, 15) is 0 Å². The normalized spacial score (nSPS) is 11.3. The lowest BCUT2D eigenvalue weighted by atomic mass is 10.1. The van der Waals surface area contributed by atoms with Crippen LogP contribution < -0.4 is 0 Å². The second-order valence-corrected chi connectivity index (χ2v) is 9.06. The number of benzene rings is 1. The molecular formula is C32H29N5. The van der Waals surface area contributed by atoms with Gasteiger partial charge in [0.05, 0.1) is 22.8 Å². The molecule has 0 aliphatic rings. The maximum atomic E-state index is 4.60. The molecule has 1 aromatic carbocycles. The van der Waals surface area contributed by atoms with Crippen molar-refractivity contribution in [2.24, 2.45) is 0 Å². The van der Waals surface area contributed by atoms with Crippen LogP contribution in [-0.4, -0.2) is 24.8 Å². The lowest BCUT2D eigenvalue weighted by Gasteiger charge is -2.22. The Kier molecular flexibility index (Phi) is 7.84. The largest absolute Gasteiger partial charge is 0.287 e. The summed E-state index contributed by atoms with van der Waals surface area (Å²) >= 11 is 0. The summed E-state index contributed by atoms with van der Waals surface area (Å²) in [5.74, 6) is 0. The highest BCUT2D eigenvalue weighted by molar-refractivity contribution is 5.70. The minimum Gasteiger partial charge on any atom is -0.287 e. The molecule has 37 heavy (non-hydrogen) atoms. The van der Waals surface area contributed by atoms with Crippen LogP contribution in [0.5, 0.6) is 0 Å². The Morgan fingerprint density at radius 3 is 1.86 bits per heavy atom. The summed E-state index contributed by atoms with van der Waals surface area (Å²) in [5, 5.41) is 0. The average Bonchev–Trinajstić information content (AvgIpc) is 2.94. The molecule has 182 valence electrons. The Bertz CT molecular complexity index is 1390. The Morgan fingerprint density at radius 2 is 1.27 bits per heavy atom. The maximum absolute atomic E-state index is 4.60. The van der Waals surface area contributed by atoms with Crippen molar-refractivity contribution in [1.82, 2.24) is 24.8 Å². The molecule has 0 atom stereocenters. The molecule has 0 aliphatic carbocycles. The second kappa shape index (κ2) is 12.0. The van der Waals surface area contributed by atoms with Gasteiger partial charge in [-0.1, -0.05) is 60.7 Å². The van der Waals surface area contributed by atoms with Crippen molar-refractivity contribution in [3.05, 3.63) is 143 Å². The Labute approximate surface area is 218 Å². The SMILES string of the molecule is Cc1ccc(-c2ccc(/C=C/c3cccc(CN(Cc4ccccn4)Cc4ccccn4)c3)cn2)nc1. The molecule has 0 fully saturated rings. The number of aryl methyl sites for hydroxylation is 1. The highest BCUT2D eigenvalue weighted by Crippen LogP contribution is 2.18. The molecule has 0 aliphatic heterocycles. The van der Waals surface area contributed by atoms with E-state index in [1.54, 1.807) is 0 Å². The van der Waals surface area contributed by atoms with E-state index in [1.807, 2.05) is 68.1 Å². The fourth-order valence-electron chi connectivity index (χ4n) is 4.13. The third kappa shape index (κ3) is 7.03. The number of pyridine rings is 4. The number of aromatic nitrogens is 4. The molecule has 0 saturated carbocycles. The first-order valence-corrected chi connectivity index (χ1v) is 12.4. The Hall–Kier alpha value is -4.48. The predicted octanol–water partition coefficient (Wildman–Crippen LogP) is 6.61. The van der Waals surface area contributed by atoms with Crippen LogP contribution in [0.2, 0.25) is 0 Å².